The van der Waals surface area contributed by atoms with Crippen LogP contribution >= 0.6 is 0 Å². The van der Waals surface area contributed by atoms with Gasteiger partial charge in [0.25, 0.3) is 11.8 Å². The van der Waals surface area contributed by atoms with E-state index in [4.69, 9.17) is 9.78 Å². The molecule has 0 saturated carbocycles. The summed E-state index contributed by atoms with van der Waals surface area (Å²) in [4.78, 5) is 25.5. The zero-order valence-corrected chi connectivity index (χ0v) is 20.0. The summed E-state index contributed by atoms with van der Waals surface area (Å²) in [5.41, 5.74) is 2.13. The molecule has 0 atom stereocenters. The topological polar surface area (TPSA) is 99.2 Å². The molecule has 1 fully saturated rings. The van der Waals surface area contributed by atoms with Crippen LogP contribution in [0.3, 0.4) is 0 Å². The Kier molecular flexibility index (Phi) is 6.89. The van der Waals surface area contributed by atoms with Gasteiger partial charge in [0.05, 0.1) is 22.8 Å². The minimum atomic E-state index is -4.43. The maximum absolute atomic E-state index is 13.0. The molecule has 0 N–H and O–H groups in total. The van der Waals surface area contributed by atoms with Gasteiger partial charge >= 0.3 is 6.18 Å². The average molecular weight is 518 g/mol. The molecule has 11 heteroatoms. The van der Waals surface area contributed by atoms with Crippen LogP contribution in [0.15, 0.2) is 71.4 Å². The summed E-state index contributed by atoms with van der Waals surface area (Å²) < 4.78 is 43.6. The molecule has 1 aliphatic rings. The molecule has 1 aliphatic heterocycles. The number of hydrogen-bond donors (Lipinski definition) is 0. The van der Waals surface area contributed by atoms with Gasteiger partial charge in [0, 0.05) is 44.5 Å². The third-order valence-electron chi connectivity index (χ3n) is 6.27. The van der Waals surface area contributed by atoms with E-state index in [1.807, 2.05) is 12.1 Å². The van der Waals surface area contributed by atoms with E-state index in [-0.39, 0.29) is 17.6 Å². The number of nitriles is 1. The fraction of sp³-hybridized carbons (Fsp3) is 0.222. The van der Waals surface area contributed by atoms with Crippen molar-refractivity contribution in [1.82, 2.24) is 24.9 Å². The highest BCUT2D eigenvalue weighted by Gasteiger charge is 2.30. The number of benzene rings is 2. The Morgan fingerprint density at radius 3 is 2.29 bits per heavy atom. The van der Waals surface area contributed by atoms with E-state index in [2.05, 4.69) is 26.1 Å². The zero-order chi connectivity index (χ0) is 26.7. The molecule has 0 spiro atoms. The van der Waals surface area contributed by atoms with Crippen molar-refractivity contribution in [3.8, 4) is 29.0 Å². The number of rotatable bonds is 5. The van der Waals surface area contributed by atoms with E-state index in [9.17, 15) is 18.0 Å². The average Bonchev–Trinajstić information content (AvgIpc) is 3.44. The van der Waals surface area contributed by atoms with Gasteiger partial charge in [0.15, 0.2) is 0 Å². The Bertz CT molecular complexity index is 1450. The molecule has 0 bridgehead atoms. The van der Waals surface area contributed by atoms with Gasteiger partial charge in [-0.2, -0.15) is 23.4 Å². The third-order valence-corrected chi connectivity index (χ3v) is 6.27. The molecule has 8 nitrogen and oxygen atoms in total. The quantitative estimate of drug-likeness (QED) is 0.379. The summed E-state index contributed by atoms with van der Waals surface area (Å²) in [5, 5.41) is 12.8. The van der Waals surface area contributed by atoms with Crippen LogP contribution in [0.25, 0.3) is 23.0 Å². The molecule has 3 heterocycles. The van der Waals surface area contributed by atoms with E-state index in [0.717, 1.165) is 37.3 Å². The number of nitrogens with zero attached hydrogens (tertiary/aromatic N) is 6. The summed E-state index contributed by atoms with van der Waals surface area (Å²) in [6.45, 7) is 3.37. The molecule has 2 aromatic heterocycles. The maximum Gasteiger partial charge on any atom is 0.416 e. The molecule has 1 saturated heterocycles. The third kappa shape index (κ3) is 5.55. The largest absolute Gasteiger partial charge is 0.416 e. The highest BCUT2D eigenvalue weighted by atomic mass is 19.4. The van der Waals surface area contributed by atoms with Crippen LogP contribution in [0.5, 0.6) is 0 Å². The summed E-state index contributed by atoms with van der Waals surface area (Å²) in [6.07, 6.45) is -2.98. The summed E-state index contributed by atoms with van der Waals surface area (Å²) in [5.74, 6) is 0.0999. The number of pyridine rings is 1. The molecule has 4 aromatic rings. The maximum atomic E-state index is 13.0. The van der Waals surface area contributed by atoms with Gasteiger partial charge < -0.3 is 9.42 Å². The number of aromatic nitrogens is 3. The van der Waals surface area contributed by atoms with Crippen LogP contribution in [0.2, 0.25) is 0 Å². The first kappa shape index (κ1) is 25.1. The fourth-order valence-corrected chi connectivity index (χ4v) is 4.13. The Balaban J connectivity index is 1.18. The first-order chi connectivity index (χ1) is 18.3. The van der Waals surface area contributed by atoms with Crippen molar-refractivity contribution >= 4 is 5.91 Å². The first-order valence-electron chi connectivity index (χ1n) is 11.8. The van der Waals surface area contributed by atoms with Gasteiger partial charge in [-0.05, 0) is 42.0 Å². The van der Waals surface area contributed by atoms with Crippen LogP contribution in [-0.4, -0.2) is 57.0 Å². The zero-order valence-electron chi connectivity index (χ0n) is 20.0. The van der Waals surface area contributed by atoms with Crippen molar-refractivity contribution in [3.63, 3.8) is 0 Å². The molecular weight excluding hydrogens is 497 g/mol. The van der Waals surface area contributed by atoms with Crippen LogP contribution in [0.4, 0.5) is 13.2 Å². The van der Waals surface area contributed by atoms with Crippen molar-refractivity contribution in [2.45, 2.75) is 12.7 Å². The normalized spacial score (nSPS) is 14.3. The van der Waals surface area contributed by atoms with E-state index in [1.165, 1.54) is 18.3 Å². The predicted molar refractivity (Wildman–Crippen MR) is 130 cm³/mol. The molecule has 5 rings (SSSR count). The summed E-state index contributed by atoms with van der Waals surface area (Å²) >= 11 is 0. The van der Waals surface area contributed by atoms with Crippen LogP contribution < -0.4 is 0 Å². The van der Waals surface area contributed by atoms with Crippen molar-refractivity contribution in [3.05, 3.63) is 89.1 Å². The molecule has 2 aromatic carbocycles. The van der Waals surface area contributed by atoms with Crippen molar-refractivity contribution in [1.29, 1.82) is 5.26 Å². The van der Waals surface area contributed by atoms with Gasteiger partial charge in [-0.3, -0.25) is 14.7 Å². The molecule has 0 radical (unpaired) electrons. The number of hydrogen-bond acceptors (Lipinski definition) is 7. The smallest absolute Gasteiger partial charge is 0.336 e. The summed E-state index contributed by atoms with van der Waals surface area (Å²) in [6, 6.07) is 17.3. The molecule has 0 aliphatic carbocycles. The van der Waals surface area contributed by atoms with Gasteiger partial charge in [0.1, 0.15) is 5.69 Å². The van der Waals surface area contributed by atoms with Crippen LogP contribution in [-0.2, 0) is 12.7 Å². The van der Waals surface area contributed by atoms with E-state index in [1.54, 1.807) is 29.2 Å². The molecular formula is C27H21F3N6O2. The lowest BCUT2D eigenvalue weighted by Crippen LogP contribution is -2.48. The monoisotopic (exact) mass is 518 g/mol. The van der Waals surface area contributed by atoms with Crippen molar-refractivity contribution < 1.29 is 22.5 Å². The lowest BCUT2D eigenvalue weighted by atomic mass is 10.1. The van der Waals surface area contributed by atoms with E-state index < -0.39 is 11.7 Å². The number of halogens is 3. The van der Waals surface area contributed by atoms with Crippen LogP contribution in [0.1, 0.15) is 27.0 Å². The Morgan fingerprint density at radius 1 is 0.974 bits per heavy atom. The Hall–Kier alpha value is -4.56. The number of piperazine rings is 1. The molecule has 38 heavy (non-hydrogen) atoms. The Labute approximate surface area is 215 Å². The lowest BCUT2D eigenvalue weighted by Gasteiger charge is -2.34. The second-order valence-corrected chi connectivity index (χ2v) is 8.81. The van der Waals surface area contributed by atoms with Gasteiger partial charge in [0.2, 0.25) is 5.82 Å². The lowest BCUT2D eigenvalue weighted by molar-refractivity contribution is -0.137. The van der Waals surface area contributed by atoms with E-state index >= 15 is 0 Å². The molecule has 0 unspecified atom stereocenters. The SMILES string of the molecule is N#Cc1ccc(CN2CCN(C(=O)c3ccc(-c4nc(-c5ccc(C(F)(F)F)cc5)no4)nc3)CC2)cc1. The van der Waals surface area contributed by atoms with Crippen molar-refractivity contribution in [2.75, 3.05) is 26.2 Å². The predicted octanol–water partition coefficient (Wildman–Crippen LogP) is 4.65. The number of carbonyl (C=O) groups excluding carboxylic acids is 1. The van der Waals surface area contributed by atoms with Gasteiger partial charge in [-0.15, -0.1) is 0 Å². The number of carbonyl (C=O) groups is 1. The van der Waals surface area contributed by atoms with E-state index in [0.29, 0.717) is 35.5 Å². The molecule has 192 valence electrons. The highest BCUT2D eigenvalue weighted by molar-refractivity contribution is 5.94. The van der Waals surface area contributed by atoms with Gasteiger partial charge in [-0.25, -0.2) is 0 Å². The second kappa shape index (κ2) is 10.4. The van der Waals surface area contributed by atoms with Gasteiger partial charge in [-0.1, -0.05) is 29.4 Å². The highest BCUT2D eigenvalue weighted by Crippen LogP contribution is 2.31. The summed E-state index contributed by atoms with van der Waals surface area (Å²) in [7, 11) is 0. The molecule has 1 amide bonds. The number of amides is 1. The van der Waals surface area contributed by atoms with Crippen LogP contribution in [0, 0.1) is 11.3 Å². The fourth-order valence-electron chi connectivity index (χ4n) is 4.13. The Morgan fingerprint density at radius 2 is 1.68 bits per heavy atom. The minimum Gasteiger partial charge on any atom is -0.336 e. The number of alkyl halides is 3. The second-order valence-electron chi connectivity index (χ2n) is 8.81. The van der Waals surface area contributed by atoms with Crippen molar-refractivity contribution in [2.24, 2.45) is 0 Å². The standard InChI is InChI=1S/C27H21F3N6O2/c28-27(29,30)22-8-5-20(6-9-22)24-33-25(38-34-24)23-10-7-21(16-32-23)26(37)36-13-11-35(12-14-36)17-19-3-1-18(15-31)2-4-19/h1-10,16H,11-14,17H2. The first-order valence-corrected chi connectivity index (χ1v) is 11.8. The minimum absolute atomic E-state index is 0.0929.